The highest BCUT2D eigenvalue weighted by molar-refractivity contribution is 6.37. The summed E-state index contributed by atoms with van der Waals surface area (Å²) in [4.78, 5) is 25.3. The number of nitrogens with one attached hydrogen (secondary N) is 2. The van der Waals surface area contributed by atoms with Crippen LogP contribution in [-0.2, 0) is 15.1 Å². The fourth-order valence-electron chi connectivity index (χ4n) is 3.38. The molecule has 1 aliphatic heterocycles. The van der Waals surface area contributed by atoms with E-state index in [4.69, 9.17) is 49.0 Å². The molecule has 14 heteroatoms. The highest BCUT2D eigenvalue weighted by Crippen LogP contribution is 2.40. The first-order valence-electron chi connectivity index (χ1n) is 10.5. The molecule has 3 aromatic rings. The van der Waals surface area contributed by atoms with Gasteiger partial charge in [0, 0.05) is 23.9 Å². The van der Waals surface area contributed by atoms with Gasteiger partial charge in [0.25, 0.3) is 5.91 Å². The second kappa shape index (κ2) is 10.5. The van der Waals surface area contributed by atoms with Crippen LogP contribution in [0.25, 0.3) is 0 Å². The van der Waals surface area contributed by atoms with Gasteiger partial charge >= 0.3 is 5.76 Å². The van der Waals surface area contributed by atoms with E-state index in [2.05, 4.69) is 30.2 Å². The summed E-state index contributed by atoms with van der Waals surface area (Å²) in [6.45, 7) is 4.33. The van der Waals surface area contributed by atoms with Crippen LogP contribution in [0.2, 0.25) is 15.2 Å². The maximum absolute atomic E-state index is 12.2. The molecule has 186 valence electrons. The van der Waals surface area contributed by atoms with Crippen molar-refractivity contribution in [3.63, 3.8) is 0 Å². The van der Waals surface area contributed by atoms with Crippen molar-refractivity contribution in [2.75, 3.05) is 11.9 Å². The molecular formula is C21H20Cl3N5O6. The molecule has 1 amide bonds. The quantitative estimate of drug-likeness (QED) is 0.423. The molecule has 35 heavy (non-hydrogen) atoms. The van der Waals surface area contributed by atoms with Crippen molar-refractivity contribution in [1.29, 1.82) is 0 Å². The highest BCUT2D eigenvalue weighted by Gasteiger charge is 2.31. The zero-order valence-electron chi connectivity index (χ0n) is 18.6. The molecule has 2 N–H and O–H groups in total. The van der Waals surface area contributed by atoms with E-state index >= 15 is 0 Å². The molecule has 1 aromatic carbocycles. The number of rotatable bonds is 7. The summed E-state index contributed by atoms with van der Waals surface area (Å²) in [5.74, 6) is -1.74. The Labute approximate surface area is 214 Å². The number of ether oxygens (including phenoxy) is 3. The van der Waals surface area contributed by atoms with Gasteiger partial charge in [0.1, 0.15) is 0 Å². The van der Waals surface area contributed by atoms with E-state index in [1.165, 1.54) is 12.1 Å². The number of benzene rings is 1. The zero-order chi connectivity index (χ0) is 25.2. The molecule has 0 saturated carbocycles. The first-order valence-corrected chi connectivity index (χ1v) is 11.6. The molecule has 1 aliphatic rings. The largest absolute Gasteiger partial charge is 0.439 e. The summed E-state index contributed by atoms with van der Waals surface area (Å²) in [7, 11) is 0. The van der Waals surface area contributed by atoms with Crippen molar-refractivity contribution in [2.45, 2.75) is 45.0 Å². The van der Waals surface area contributed by atoms with Crippen molar-refractivity contribution in [2.24, 2.45) is 0 Å². The molecule has 1 unspecified atom stereocenters. The Hall–Kier alpha value is -2.70. The average molecular weight is 545 g/mol. The second-order valence-electron chi connectivity index (χ2n) is 8.08. The third kappa shape index (κ3) is 6.11. The summed E-state index contributed by atoms with van der Waals surface area (Å²) in [5.41, 5.74) is -0.0843. The fraction of sp³-hybridized carbons (Fsp3) is 0.381. The molecule has 4 rings (SSSR count). The molecule has 0 spiro atoms. The van der Waals surface area contributed by atoms with Gasteiger partial charge in [0.05, 0.1) is 15.6 Å². The molecular weight excluding hydrogens is 525 g/mol. The van der Waals surface area contributed by atoms with Gasteiger partial charge in [0.15, 0.2) is 17.2 Å². The molecule has 1 atom stereocenters. The van der Waals surface area contributed by atoms with Crippen molar-refractivity contribution in [3.05, 3.63) is 55.3 Å². The van der Waals surface area contributed by atoms with E-state index in [1.54, 1.807) is 6.07 Å². The van der Waals surface area contributed by atoms with Gasteiger partial charge in [-0.05, 0) is 50.4 Å². The number of amides is 1. The molecule has 1 saturated heterocycles. The Morgan fingerprint density at radius 2 is 1.91 bits per heavy atom. The number of carbonyl (C=O) groups is 1. The highest BCUT2D eigenvalue weighted by atomic mass is 35.5. The van der Waals surface area contributed by atoms with Crippen LogP contribution in [-0.4, -0.2) is 39.1 Å². The predicted molar refractivity (Wildman–Crippen MR) is 126 cm³/mol. The lowest BCUT2D eigenvalue weighted by Gasteiger charge is -2.33. The average Bonchev–Trinajstić information content (AvgIpc) is 3.24. The molecule has 3 heterocycles. The van der Waals surface area contributed by atoms with Crippen LogP contribution in [0.5, 0.6) is 11.6 Å². The number of anilines is 1. The summed E-state index contributed by atoms with van der Waals surface area (Å²) in [5, 5.41) is 14.0. The van der Waals surface area contributed by atoms with E-state index in [9.17, 15) is 9.59 Å². The third-order valence-electron chi connectivity index (χ3n) is 5.06. The first-order chi connectivity index (χ1) is 16.6. The Morgan fingerprint density at radius 1 is 1.17 bits per heavy atom. The maximum Gasteiger partial charge on any atom is 0.439 e. The Kier molecular flexibility index (Phi) is 7.62. The van der Waals surface area contributed by atoms with Crippen LogP contribution in [0.1, 0.15) is 49.3 Å². The lowest BCUT2D eigenvalue weighted by atomic mass is 10.00. The third-order valence-corrected chi connectivity index (χ3v) is 5.90. The van der Waals surface area contributed by atoms with Crippen LogP contribution in [0.15, 0.2) is 27.5 Å². The summed E-state index contributed by atoms with van der Waals surface area (Å²) in [6, 6.07) is 4.38. The Morgan fingerprint density at radius 3 is 2.54 bits per heavy atom. The van der Waals surface area contributed by atoms with E-state index < -0.39 is 17.3 Å². The van der Waals surface area contributed by atoms with Gasteiger partial charge < -0.3 is 19.5 Å². The first kappa shape index (κ1) is 25.4. The summed E-state index contributed by atoms with van der Waals surface area (Å²) < 4.78 is 21.9. The van der Waals surface area contributed by atoms with Crippen molar-refractivity contribution < 1.29 is 23.5 Å². The number of halogens is 3. The number of nitrogens with zero attached hydrogens (tertiary/aromatic N) is 3. The van der Waals surface area contributed by atoms with Gasteiger partial charge in [-0.1, -0.05) is 34.8 Å². The normalized spacial score (nSPS) is 16.2. The van der Waals surface area contributed by atoms with Gasteiger partial charge in [-0.25, -0.2) is 4.79 Å². The molecule has 0 aliphatic carbocycles. The van der Waals surface area contributed by atoms with Crippen molar-refractivity contribution in [1.82, 2.24) is 20.3 Å². The number of hydrogen-bond acceptors (Lipinski definition) is 9. The number of aromatic amines is 1. The molecule has 0 radical (unpaired) electrons. The van der Waals surface area contributed by atoms with E-state index in [-0.39, 0.29) is 44.6 Å². The number of hydrogen-bond donors (Lipinski definition) is 2. The number of aromatic nitrogens is 4. The molecule has 2 aromatic heterocycles. The molecule has 11 nitrogen and oxygen atoms in total. The second-order valence-corrected chi connectivity index (χ2v) is 9.25. The smallest absolute Gasteiger partial charge is 0.434 e. The predicted octanol–water partition coefficient (Wildman–Crippen LogP) is 4.94. The van der Waals surface area contributed by atoms with E-state index in [0.29, 0.717) is 12.2 Å². The van der Waals surface area contributed by atoms with E-state index in [1.807, 2.05) is 13.8 Å². The van der Waals surface area contributed by atoms with Crippen LogP contribution in [0, 0.1) is 0 Å². The fourth-order valence-corrected chi connectivity index (χ4v) is 4.26. The van der Waals surface area contributed by atoms with Gasteiger partial charge in [-0.15, -0.1) is 10.2 Å². The minimum absolute atomic E-state index is 0.0749. The van der Waals surface area contributed by atoms with Gasteiger partial charge in [-0.3, -0.25) is 14.3 Å². The topological polar surface area (TPSA) is 141 Å². The standard InChI is InChI=1S/C21H20Cl3N5O6/c1-21(2,34-15-5-3-4-6-32-15)11-9-14(27-28-17(11)24)33-16-12(22)7-10(8-13(16)23)25-19(30)18-26-20(31)35-29-18/h7-9,15H,3-6H2,1-2H3,(H,25,30)(H,26,29,31). The van der Waals surface area contributed by atoms with Crippen LogP contribution in [0.3, 0.4) is 0 Å². The number of H-pyrrole nitrogens is 1. The summed E-state index contributed by atoms with van der Waals surface area (Å²) >= 11 is 19.0. The van der Waals surface area contributed by atoms with Gasteiger partial charge in [0.2, 0.25) is 11.7 Å². The lowest BCUT2D eigenvalue weighted by Crippen LogP contribution is -2.32. The Balaban J connectivity index is 1.52. The lowest BCUT2D eigenvalue weighted by molar-refractivity contribution is -0.219. The number of carbonyl (C=O) groups excluding carboxylic acids is 1. The van der Waals surface area contributed by atoms with Crippen LogP contribution >= 0.6 is 34.8 Å². The van der Waals surface area contributed by atoms with Crippen molar-refractivity contribution in [3.8, 4) is 11.6 Å². The SMILES string of the molecule is CC(C)(OC1CCCCO1)c1cc(Oc2c(Cl)cc(NC(=O)c3noc(=O)[nH]3)cc2Cl)nnc1Cl. The van der Waals surface area contributed by atoms with Gasteiger partial charge in [-0.2, -0.15) is 0 Å². The summed E-state index contributed by atoms with van der Waals surface area (Å²) in [6.07, 6.45) is 2.44. The maximum atomic E-state index is 12.2. The van der Waals surface area contributed by atoms with E-state index in [0.717, 1.165) is 19.3 Å². The monoisotopic (exact) mass is 543 g/mol. The van der Waals surface area contributed by atoms with Crippen LogP contribution < -0.4 is 15.8 Å². The van der Waals surface area contributed by atoms with Crippen molar-refractivity contribution >= 4 is 46.4 Å². The zero-order valence-corrected chi connectivity index (χ0v) is 20.8. The Bertz CT molecular complexity index is 1270. The van der Waals surface area contributed by atoms with Crippen LogP contribution in [0.4, 0.5) is 5.69 Å². The molecule has 1 fully saturated rings. The minimum Gasteiger partial charge on any atom is -0.434 e. The molecule has 0 bridgehead atoms. The minimum atomic E-state index is -0.863.